The van der Waals surface area contributed by atoms with Crippen molar-refractivity contribution < 1.29 is 0 Å². The third-order valence-electron chi connectivity index (χ3n) is 5.66. The highest BCUT2D eigenvalue weighted by Crippen LogP contribution is 2.68. The second-order valence-corrected chi connectivity index (χ2v) is 10.1. The molecular formula is C16H29P. The van der Waals surface area contributed by atoms with Gasteiger partial charge in [-0.2, -0.15) is 0 Å². The van der Waals surface area contributed by atoms with E-state index in [2.05, 4.69) is 13.8 Å². The Labute approximate surface area is 109 Å². The molecule has 4 aliphatic carbocycles. The van der Waals surface area contributed by atoms with Crippen LogP contribution in [0.5, 0.6) is 0 Å². The number of hydrogen-bond acceptors (Lipinski definition) is 0. The van der Waals surface area contributed by atoms with E-state index in [1.54, 1.807) is 50.8 Å². The van der Waals surface area contributed by atoms with Gasteiger partial charge >= 0.3 is 0 Å². The molecule has 0 aromatic rings. The summed E-state index contributed by atoms with van der Waals surface area (Å²) in [6, 6.07) is 0. The number of rotatable bonds is 5. The van der Waals surface area contributed by atoms with Gasteiger partial charge in [0, 0.05) is 0 Å². The third-order valence-corrected chi connectivity index (χ3v) is 9.53. The highest BCUT2D eigenvalue weighted by molar-refractivity contribution is 7.59. The van der Waals surface area contributed by atoms with Gasteiger partial charge in [-0.05, 0) is 73.8 Å². The molecule has 4 aliphatic rings. The largest absolute Gasteiger partial charge is 0.100 e. The van der Waals surface area contributed by atoms with E-state index < -0.39 is 0 Å². The zero-order valence-electron chi connectivity index (χ0n) is 11.8. The Bertz CT molecular complexity index is 229. The minimum absolute atomic E-state index is 0.365. The van der Waals surface area contributed by atoms with Crippen LogP contribution in [0.25, 0.3) is 0 Å². The summed E-state index contributed by atoms with van der Waals surface area (Å²) in [5.41, 5.74) is 0. The molecular weight excluding hydrogens is 223 g/mol. The standard InChI is InChI=1S/C16H29P/c1-3-5-17(6-4-2)16-10-13-7-14(11-16)9-15(8-13)12-16/h13-15H,3-12H2,1-2H3. The SMILES string of the molecule is CCCP(CCC)C12CC3CC(CC(C3)C1)C2. The molecule has 0 atom stereocenters. The van der Waals surface area contributed by atoms with E-state index in [9.17, 15) is 0 Å². The van der Waals surface area contributed by atoms with Crippen molar-refractivity contribution >= 4 is 7.92 Å². The van der Waals surface area contributed by atoms with E-state index in [1.165, 1.54) is 12.8 Å². The Morgan fingerprint density at radius 3 is 1.59 bits per heavy atom. The fourth-order valence-corrected chi connectivity index (χ4v) is 9.38. The fourth-order valence-electron chi connectivity index (χ4n) is 5.58. The molecule has 0 saturated heterocycles. The zero-order valence-corrected chi connectivity index (χ0v) is 12.6. The molecule has 0 N–H and O–H groups in total. The van der Waals surface area contributed by atoms with E-state index in [-0.39, 0.29) is 0 Å². The predicted molar refractivity (Wildman–Crippen MR) is 78.1 cm³/mol. The van der Waals surface area contributed by atoms with Gasteiger partial charge in [0.2, 0.25) is 0 Å². The van der Waals surface area contributed by atoms with E-state index in [0.29, 0.717) is 7.92 Å². The topological polar surface area (TPSA) is 0 Å². The quantitative estimate of drug-likeness (QED) is 0.586. The Kier molecular flexibility index (Phi) is 3.55. The van der Waals surface area contributed by atoms with Crippen LogP contribution in [0.3, 0.4) is 0 Å². The lowest BCUT2D eigenvalue weighted by molar-refractivity contribution is 0.0354. The van der Waals surface area contributed by atoms with Gasteiger partial charge in [0.05, 0.1) is 0 Å². The minimum Gasteiger partial charge on any atom is -0.100 e. The summed E-state index contributed by atoms with van der Waals surface area (Å²) in [5, 5.41) is 0.885. The van der Waals surface area contributed by atoms with Crippen LogP contribution in [-0.2, 0) is 0 Å². The second kappa shape index (κ2) is 4.84. The van der Waals surface area contributed by atoms with E-state index in [4.69, 9.17) is 0 Å². The molecule has 0 aliphatic heterocycles. The van der Waals surface area contributed by atoms with Gasteiger partial charge in [-0.1, -0.05) is 26.7 Å². The molecule has 4 rings (SSSR count). The van der Waals surface area contributed by atoms with Crippen LogP contribution in [0, 0.1) is 17.8 Å². The maximum absolute atomic E-state index is 2.41. The molecule has 98 valence electrons. The lowest BCUT2D eigenvalue weighted by Gasteiger charge is -2.60. The molecule has 0 aromatic heterocycles. The first kappa shape index (κ1) is 12.5. The molecule has 1 heteroatoms. The molecule has 0 amide bonds. The highest BCUT2D eigenvalue weighted by atomic mass is 31.1. The molecule has 0 heterocycles. The first-order valence-corrected chi connectivity index (χ1v) is 9.72. The van der Waals surface area contributed by atoms with Crippen molar-refractivity contribution in [2.24, 2.45) is 17.8 Å². The molecule has 0 unspecified atom stereocenters. The maximum Gasteiger partial charge on any atom is -0.00865 e. The number of hydrogen-bond donors (Lipinski definition) is 0. The molecule has 4 saturated carbocycles. The lowest BCUT2D eigenvalue weighted by atomic mass is 9.56. The molecule has 4 bridgehead atoms. The molecule has 17 heavy (non-hydrogen) atoms. The van der Waals surface area contributed by atoms with Crippen LogP contribution in [0.4, 0.5) is 0 Å². The van der Waals surface area contributed by atoms with Crippen molar-refractivity contribution in [2.45, 2.75) is 70.4 Å². The molecule has 0 nitrogen and oxygen atoms in total. The van der Waals surface area contributed by atoms with Crippen molar-refractivity contribution in [3.63, 3.8) is 0 Å². The molecule has 0 aromatic carbocycles. The Morgan fingerprint density at radius 2 is 1.24 bits per heavy atom. The predicted octanol–water partition coefficient (Wildman–Crippen LogP) is 5.26. The van der Waals surface area contributed by atoms with Crippen LogP contribution >= 0.6 is 7.92 Å². The van der Waals surface area contributed by atoms with Crippen molar-refractivity contribution in [2.75, 3.05) is 12.3 Å². The third kappa shape index (κ3) is 2.20. The van der Waals surface area contributed by atoms with Crippen LogP contribution in [0.2, 0.25) is 0 Å². The summed E-state index contributed by atoms with van der Waals surface area (Å²) in [7, 11) is 0.365. The fraction of sp³-hybridized carbons (Fsp3) is 1.00. The minimum atomic E-state index is 0.365. The monoisotopic (exact) mass is 252 g/mol. The van der Waals surface area contributed by atoms with Crippen LogP contribution in [0.15, 0.2) is 0 Å². The summed E-state index contributed by atoms with van der Waals surface area (Å²) in [5.74, 6) is 3.46. The average Bonchev–Trinajstić information content (AvgIpc) is 2.27. The van der Waals surface area contributed by atoms with Gasteiger partial charge in [-0.3, -0.25) is 0 Å². The summed E-state index contributed by atoms with van der Waals surface area (Å²) in [6.45, 7) is 4.82. The summed E-state index contributed by atoms with van der Waals surface area (Å²) >= 11 is 0. The van der Waals surface area contributed by atoms with Crippen molar-refractivity contribution in [1.82, 2.24) is 0 Å². The van der Waals surface area contributed by atoms with Gasteiger partial charge in [0.25, 0.3) is 0 Å². The van der Waals surface area contributed by atoms with Gasteiger partial charge in [-0.25, -0.2) is 0 Å². The summed E-state index contributed by atoms with van der Waals surface area (Å²) in [4.78, 5) is 0. The Balaban J connectivity index is 1.79. The van der Waals surface area contributed by atoms with E-state index in [1.807, 2.05) is 0 Å². The van der Waals surface area contributed by atoms with E-state index in [0.717, 1.165) is 22.9 Å². The summed E-state index contributed by atoms with van der Waals surface area (Å²) in [6.07, 6.45) is 15.8. The van der Waals surface area contributed by atoms with Crippen molar-refractivity contribution in [1.29, 1.82) is 0 Å². The molecule has 0 spiro atoms. The van der Waals surface area contributed by atoms with Crippen LogP contribution in [-0.4, -0.2) is 17.5 Å². The second-order valence-electron chi connectivity index (χ2n) is 7.13. The maximum atomic E-state index is 2.41. The zero-order chi connectivity index (χ0) is 11.9. The molecule has 4 fully saturated rings. The summed E-state index contributed by atoms with van der Waals surface area (Å²) < 4.78 is 0. The first-order valence-electron chi connectivity index (χ1n) is 8.01. The molecule has 0 radical (unpaired) electrons. The van der Waals surface area contributed by atoms with Crippen molar-refractivity contribution in [3.05, 3.63) is 0 Å². The lowest BCUT2D eigenvalue weighted by Crippen LogP contribution is -2.49. The van der Waals surface area contributed by atoms with Crippen LogP contribution in [0.1, 0.15) is 65.2 Å². The Morgan fingerprint density at radius 1 is 0.824 bits per heavy atom. The average molecular weight is 252 g/mol. The van der Waals surface area contributed by atoms with Crippen molar-refractivity contribution in [3.8, 4) is 0 Å². The van der Waals surface area contributed by atoms with Gasteiger partial charge in [-0.15, -0.1) is 7.92 Å². The normalized spacial score (nSPS) is 43.6. The first-order chi connectivity index (χ1) is 8.25. The van der Waals surface area contributed by atoms with Gasteiger partial charge in [0.1, 0.15) is 0 Å². The highest BCUT2D eigenvalue weighted by Gasteiger charge is 2.53. The van der Waals surface area contributed by atoms with Gasteiger partial charge < -0.3 is 0 Å². The smallest absolute Gasteiger partial charge is 0.00865 e. The van der Waals surface area contributed by atoms with Crippen LogP contribution < -0.4 is 0 Å². The Hall–Kier alpha value is 0.430. The van der Waals surface area contributed by atoms with Gasteiger partial charge in [0.15, 0.2) is 0 Å². The van der Waals surface area contributed by atoms with E-state index >= 15 is 0 Å².